The van der Waals surface area contributed by atoms with Crippen LogP contribution in [-0.4, -0.2) is 32.0 Å². The predicted octanol–water partition coefficient (Wildman–Crippen LogP) is 7.51. The summed E-state index contributed by atoms with van der Waals surface area (Å²) in [4.78, 5) is 28.7. The molecule has 5 aromatic carbocycles. The quantitative estimate of drug-likeness (QED) is 0.188. The van der Waals surface area contributed by atoms with E-state index in [0.717, 1.165) is 38.1 Å². The van der Waals surface area contributed by atoms with Crippen LogP contribution in [0.3, 0.4) is 0 Å². The number of carboxylic acid groups (broad SMARTS) is 1. The van der Waals surface area contributed by atoms with Crippen molar-refractivity contribution in [2.75, 3.05) is 0 Å². The topological polar surface area (TPSA) is 92.4 Å². The Labute approximate surface area is 224 Å². The van der Waals surface area contributed by atoms with Gasteiger partial charge in [-0.2, -0.15) is 0 Å². The molecule has 6 nitrogen and oxygen atoms in total. The largest absolute Gasteiger partial charge is 0.506 e. The van der Waals surface area contributed by atoms with Crippen LogP contribution >= 0.6 is 0 Å². The lowest BCUT2D eigenvalue weighted by molar-refractivity contribution is 0.0696. The summed E-state index contributed by atoms with van der Waals surface area (Å²) < 4.78 is 1.95. The number of benzene rings is 5. The lowest BCUT2D eigenvalue weighted by atomic mass is 9.84. The zero-order valence-electron chi connectivity index (χ0n) is 21.8. The minimum Gasteiger partial charge on any atom is -0.506 e. The summed E-state index contributed by atoms with van der Waals surface area (Å²) in [5, 5.41) is 24.8. The summed E-state index contributed by atoms with van der Waals surface area (Å²) in [6.07, 6.45) is 0.660. The van der Waals surface area contributed by atoms with E-state index in [1.165, 1.54) is 0 Å². The Morgan fingerprint density at radius 3 is 2.03 bits per heavy atom. The van der Waals surface area contributed by atoms with Gasteiger partial charge in [-0.1, -0.05) is 69.3 Å². The van der Waals surface area contributed by atoms with Gasteiger partial charge in [0.15, 0.2) is 6.29 Å². The summed E-state index contributed by atoms with van der Waals surface area (Å²) in [7, 11) is 0. The van der Waals surface area contributed by atoms with Gasteiger partial charge >= 0.3 is 5.97 Å². The normalized spacial score (nSPS) is 11.9. The van der Waals surface area contributed by atoms with Crippen LogP contribution < -0.4 is 0 Å². The van der Waals surface area contributed by atoms with E-state index in [0.29, 0.717) is 23.4 Å². The van der Waals surface area contributed by atoms with Gasteiger partial charge in [-0.15, -0.1) is 0 Å². The molecule has 0 aliphatic heterocycles. The monoisotopic (exact) mass is 514 g/mol. The zero-order chi connectivity index (χ0) is 27.5. The molecular formula is C33H26N2O4. The highest BCUT2D eigenvalue weighted by molar-refractivity contribution is 6.24. The number of rotatable bonds is 4. The molecule has 0 atom stereocenters. The van der Waals surface area contributed by atoms with Crippen molar-refractivity contribution in [3.63, 3.8) is 0 Å². The lowest BCUT2D eigenvalue weighted by Crippen LogP contribution is -2.12. The van der Waals surface area contributed by atoms with Gasteiger partial charge in [-0.3, -0.25) is 9.36 Å². The number of imidazole rings is 1. The first-order valence-corrected chi connectivity index (χ1v) is 12.7. The molecule has 39 heavy (non-hydrogen) atoms. The number of phenols is 1. The van der Waals surface area contributed by atoms with Crippen molar-refractivity contribution >= 4 is 44.8 Å². The van der Waals surface area contributed by atoms with E-state index in [-0.39, 0.29) is 22.3 Å². The van der Waals surface area contributed by atoms with Crippen molar-refractivity contribution in [2.24, 2.45) is 0 Å². The number of carbonyl (C=O) groups is 2. The van der Waals surface area contributed by atoms with Crippen LogP contribution in [0.4, 0.5) is 0 Å². The van der Waals surface area contributed by atoms with E-state index in [4.69, 9.17) is 4.98 Å². The zero-order valence-corrected chi connectivity index (χ0v) is 21.8. The first-order valence-electron chi connectivity index (χ1n) is 12.7. The highest BCUT2D eigenvalue weighted by Crippen LogP contribution is 2.42. The third-order valence-corrected chi connectivity index (χ3v) is 7.28. The second-order valence-electron chi connectivity index (χ2n) is 10.7. The standard InChI is InChI=1S/C33H26N2O4/c1-33(2,3)21-16-20(18-36)30(37)27(17-21)31-34-28-25-10-6-4-8-23(25)24-9-5-7-11-26(24)29(28)35(31)22-14-12-19(13-15-22)32(38)39/h4-18,37H,1-3H3,(H,38,39). The second-order valence-corrected chi connectivity index (χ2v) is 10.7. The van der Waals surface area contributed by atoms with E-state index < -0.39 is 5.97 Å². The molecule has 0 fully saturated rings. The maximum Gasteiger partial charge on any atom is 0.335 e. The molecular weight excluding hydrogens is 488 g/mol. The molecule has 1 heterocycles. The lowest BCUT2D eigenvalue weighted by Gasteiger charge is -2.21. The number of aromatic hydroxyl groups is 1. The molecule has 0 amide bonds. The second kappa shape index (κ2) is 8.81. The molecule has 192 valence electrons. The van der Waals surface area contributed by atoms with E-state index in [9.17, 15) is 19.8 Å². The van der Waals surface area contributed by atoms with Gasteiger partial charge in [0.1, 0.15) is 11.6 Å². The van der Waals surface area contributed by atoms with Crippen molar-refractivity contribution in [3.05, 3.63) is 102 Å². The first kappa shape index (κ1) is 24.4. The fourth-order valence-electron chi connectivity index (χ4n) is 5.24. The smallest absolute Gasteiger partial charge is 0.335 e. The minimum absolute atomic E-state index is 0.148. The fraction of sp³-hybridized carbons (Fsp3) is 0.121. The van der Waals surface area contributed by atoms with Crippen LogP contribution in [0, 0.1) is 0 Å². The maximum atomic E-state index is 12.0. The van der Waals surface area contributed by atoms with E-state index in [1.54, 1.807) is 30.3 Å². The third kappa shape index (κ3) is 3.84. The van der Waals surface area contributed by atoms with Gasteiger partial charge < -0.3 is 10.2 Å². The van der Waals surface area contributed by atoms with Crippen LogP contribution in [0.2, 0.25) is 0 Å². The number of aldehydes is 1. The Morgan fingerprint density at radius 1 is 0.846 bits per heavy atom. The summed E-state index contributed by atoms with van der Waals surface area (Å²) in [6.45, 7) is 6.14. The molecule has 6 rings (SSSR count). The van der Waals surface area contributed by atoms with Crippen molar-refractivity contribution in [1.82, 2.24) is 9.55 Å². The fourth-order valence-corrected chi connectivity index (χ4v) is 5.24. The molecule has 6 aromatic rings. The molecule has 0 aliphatic carbocycles. The number of hydrogen-bond donors (Lipinski definition) is 2. The molecule has 0 spiro atoms. The summed E-state index contributed by atoms with van der Waals surface area (Å²) in [5.41, 5.74) is 3.63. The third-order valence-electron chi connectivity index (χ3n) is 7.28. The van der Waals surface area contributed by atoms with Gasteiger partial charge in [0.2, 0.25) is 0 Å². The summed E-state index contributed by atoms with van der Waals surface area (Å²) in [6, 6.07) is 26.3. The van der Waals surface area contributed by atoms with E-state index >= 15 is 0 Å². The molecule has 1 aromatic heterocycles. The highest BCUT2D eigenvalue weighted by atomic mass is 16.4. The highest BCUT2D eigenvalue weighted by Gasteiger charge is 2.25. The Morgan fingerprint density at radius 2 is 1.44 bits per heavy atom. The van der Waals surface area contributed by atoms with Crippen LogP contribution in [0.5, 0.6) is 5.75 Å². The number of nitrogens with zero attached hydrogens (tertiary/aromatic N) is 2. The number of hydrogen-bond acceptors (Lipinski definition) is 4. The van der Waals surface area contributed by atoms with Crippen LogP contribution in [0.1, 0.15) is 47.1 Å². The maximum absolute atomic E-state index is 12.0. The molecule has 0 aliphatic rings. The number of fused-ring (bicyclic) bond motifs is 6. The van der Waals surface area contributed by atoms with Crippen molar-refractivity contribution in [1.29, 1.82) is 0 Å². The number of phenolic OH excluding ortho intramolecular Hbond substituents is 1. The average Bonchev–Trinajstić information content (AvgIpc) is 3.33. The molecule has 6 heteroatoms. The molecule has 2 N–H and O–H groups in total. The van der Waals surface area contributed by atoms with Crippen molar-refractivity contribution in [2.45, 2.75) is 26.2 Å². The van der Waals surface area contributed by atoms with Crippen LogP contribution in [-0.2, 0) is 5.41 Å². The molecule has 0 unspecified atom stereocenters. The Hall–Kier alpha value is -4.97. The Kier molecular flexibility index (Phi) is 5.50. The van der Waals surface area contributed by atoms with Crippen molar-refractivity contribution in [3.8, 4) is 22.8 Å². The molecule has 0 saturated carbocycles. The van der Waals surface area contributed by atoms with Crippen molar-refractivity contribution < 1.29 is 19.8 Å². The van der Waals surface area contributed by atoms with Crippen LogP contribution in [0.25, 0.3) is 49.7 Å². The Bertz CT molecular complexity index is 1940. The first-order chi connectivity index (χ1) is 18.7. The molecule has 0 saturated heterocycles. The van der Waals surface area contributed by atoms with Gasteiger partial charge in [-0.05, 0) is 58.1 Å². The number of aromatic nitrogens is 2. The van der Waals surface area contributed by atoms with Gasteiger partial charge in [0, 0.05) is 16.5 Å². The average molecular weight is 515 g/mol. The predicted molar refractivity (Wildman–Crippen MR) is 154 cm³/mol. The Balaban J connectivity index is 1.83. The number of aromatic carboxylic acids is 1. The summed E-state index contributed by atoms with van der Waals surface area (Å²) >= 11 is 0. The SMILES string of the molecule is CC(C)(C)c1cc(C=O)c(O)c(-c2nc3c4ccccc4c4ccccc4c3n2-c2ccc(C(=O)O)cc2)c1. The van der Waals surface area contributed by atoms with Gasteiger partial charge in [0.05, 0.1) is 27.7 Å². The number of carboxylic acids is 1. The summed E-state index contributed by atoms with van der Waals surface area (Å²) in [5.74, 6) is -0.702. The molecule has 0 radical (unpaired) electrons. The van der Waals surface area contributed by atoms with Crippen LogP contribution in [0.15, 0.2) is 84.9 Å². The van der Waals surface area contributed by atoms with Gasteiger partial charge in [0.25, 0.3) is 0 Å². The van der Waals surface area contributed by atoms with Gasteiger partial charge in [-0.25, -0.2) is 9.78 Å². The van der Waals surface area contributed by atoms with E-state index in [2.05, 4.69) is 12.1 Å². The van der Waals surface area contributed by atoms with E-state index in [1.807, 2.05) is 67.8 Å². The number of carbonyl (C=O) groups excluding carboxylic acids is 1. The minimum atomic E-state index is -1.01. The molecule has 0 bridgehead atoms.